The van der Waals surface area contributed by atoms with Gasteiger partial charge in [0.25, 0.3) is 17.5 Å². The van der Waals surface area contributed by atoms with Crippen molar-refractivity contribution in [3.8, 4) is 0 Å². The largest absolute Gasteiger partial charge is 0.462 e. The van der Waals surface area contributed by atoms with Crippen molar-refractivity contribution in [1.82, 2.24) is 10.4 Å². The molecular formula is C25H26N4O9. The van der Waals surface area contributed by atoms with Gasteiger partial charge in [-0.2, -0.15) is 0 Å². The molecular weight excluding hydrogens is 500 g/mol. The van der Waals surface area contributed by atoms with Crippen LogP contribution >= 0.6 is 0 Å². The number of nitrogens with one attached hydrogen (secondary N) is 2. The van der Waals surface area contributed by atoms with E-state index in [1.54, 1.807) is 0 Å². The molecule has 0 bridgehead atoms. The van der Waals surface area contributed by atoms with Crippen molar-refractivity contribution in [2.75, 3.05) is 25.1 Å². The third-order valence-corrected chi connectivity index (χ3v) is 5.34. The molecule has 1 atom stereocenters. The Hall–Kier alpha value is -4.81. The van der Waals surface area contributed by atoms with Gasteiger partial charge < -0.3 is 14.8 Å². The van der Waals surface area contributed by atoms with E-state index in [1.165, 1.54) is 42.5 Å². The molecule has 3 amide bonds. The summed E-state index contributed by atoms with van der Waals surface area (Å²) in [6.45, 7) is 3.27. The molecule has 38 heavy (non-hydrogen) atoms. The normalized spacial score (nSPS) is 14.7. The zero-order valence-electron chi connectivity index (χ0n) is 20.7. The Bertz CT molecular complexity index is 1240. The van der Waals surface area contributed by atoms with Gasteiger partial charge in [-0.3, -0.25) is 39.7 Å². The molecule has 0 spiro atoms. The molecule has 0 aromatic heterocycles. The lowest BCUT2D eigenvalue weighted by Crippen LogP contribution is -2.43. The first kappa shape index (κ1) is 27.8. The highest BCUT2D eigenvalue weighted by Gasteiger charge is 2.37. The highest BCUT2D eigenvalue weighted by atomic mass is 16.6. The van der Waals surface area contributed by atoms with Crippen LogP contribution in [0.5, 0.6) is 0 Å². The van der Waals surface area contributed by atoms with Crippen molar-refractivity contribution in [3.63, 3.8) is 0 Å². The highest BCUT2D eigenvalue weighted by Crippen LogP contribution is 2.21. The fraction of sp³-hybridized carbons (Fsp3) is 0.320. The predicted octanol–water partition coefficient (Wildman–Crippen LogP) is 2.08. The van der Waals surface area contributed by atoms with Crippen LogP contribution in [0, 0.1) is 22.0 Å². The number of benzene rings is 2. The summed E-state index contributed by atoms with van der Waals surface area (Å²) in [4.78, 5) is 71.6. The number of hydrazine groups is 1. The van der Waals surface area contributed by atoms with E-state index < -0.39 is 52.8 Å². The van der Waals surface area contributed by atoms with E-state index in [0.717, 1.165) is 11.1 Å². The molecule has 1 heterocycles. The lowest BCUT2D eigenvalue weighted by Gasteiger charge is -2.17. The Kier molecular flexibility index (Phi) is 9.09. The molecule has 1 aliphatic rings. The molecule has 13 heteroatoms. The van der Waals surface area contributed by atoms with Crippen molar-refractivity contribution in [1.29, 1.82) is 0 Å². The number of para-hydroxylation sites is 1. The van der Waals surface area contributed by atoms with Crippen LogP contribution in [0.3, 0.4) is 0 Å². The van der Waals surface area contributed by atoms with Crippen molar-refractivity contribution >= 4 is 41.0 Å². The molecule has 0 unspecified atom stereocenters. The first-order valence-electron chi connectivity index (χ1n) is 11.6. The standard InChI is InChI=1S/C25H26N4O9/c1-15(2)13-37-24(33)16-7-9-18(10-8-16)26-21(30)14-38-25(34)17-11-22(31)28(12-17)27-23(32)19-5-3-4-6-20(19)29(35)36/h3-10,15,17H,11-14H2,1-2H3,(H,26,30)(H,27,32)/t17-/m1/s1. The molecule has 200 valence electrons. The van der Waals surface area contributed by atoms with E-state index in [2.05, 4.69) is 10.7 Å². The Morgan fingerprint density at radius 3 is 2.42 bits per heavy atom. The molecule has 1 fully saturated rings. The summed E-state index contributed by atoms with van der Waals surface area (Å²) in [6.07, 6.45) is -0.272. The van der Waals surface area contributed by atoms with Crippen molar-refractivity contribution in [2.24, 2.45) is 11.8 Å². The fourth-order valence-electron chi connectivity index (χ4n) is 3.45. The molecule has 1 aliphatic heterocycles. The van der Waals surface area contributed by atoms with Gasteiger partial charge in [0.1, 0.15) is 5.56 Å². The molecule has 13 nitrogen and oxygen atoms in total. The molecule has 2 aromatic carbocycles. The van der Waals surface area contributed by atoms with Crippen molar-refractivity contribution in [2.45, 2.75) is 20.3 Å². The van der Waals surface area contributed by atoms with Gasteiger partial charge in [-0.25, -0.2) is 4.79 Å². The minimum atomic E-state index is -0.947. The number of hydrogen-bond donors (Lipinski definition) is 2. The molecule has 3 rings (SSSR count). The maximum absolute atomic E-state index is 12.5. The number of esters is 2. The zero-order valence-corrected chi connectivity index (χ0v) is 20.7. The smallest absolute Gasteiger partial charge is 0.338 e. The van der Waals surface area contributed by atoms with Gasteiger partial charge in [0, 0.05) is 18.2 Å². The van der Waals surface area contributed by atoms with Crippen LogP contribution < -0.4 is 10.7 Å². The number of carbonyl (C=O) groups excluding carboxylic acids is 5. The van der Waals surface area contributed by atoms with Gasteiger partial charge in [0.05, 0.1) is 29.6 Å². The summed E-state index contributed by atoms with van der Waals surface area (Å²) in [5.74, 6) is -4.16. The monoisotopic (exact) mass is 526 g/mol. The average Bonchev–Trinajstić information content (AvgIpc) is 3.26. The Balaban J connectivity index is 1.47. The lowest BCUT2D eigenvalue weighted by atomic mass is 10.1. The number of nitro benzene ring substituents is 1. The number of anilines is 1. The third kappa shape index (κ3) is 7.35. The average molecular weight is 527 g/mol. The van der Waals surface area contributed by atoms with Crippen LogP contribution in [-0.4, -0.2) is 59.4 Å². The van der Waals surface area contributed by atoms with Gasteiger partial charge in [-0.05, 0) is 36.2 Å². The number of carbonyl (C=O) groups is 5. The molecule has 0 aliphatic carbocycles. The Labute approximate surface area is 217 Å². The number of nitro groups is 1. The number of rotatable bonds is 10. The molecule has 2 aromatic rings. The van der Waals surface area contributed by atoms with Crippen LogP contribution in [0.1, 0.15) is 41.0 Å². The quantitative estimate of drug-likeness (QED) is 0.267. The van der Waals surface area contributed by atoms with Gasteiger partial charge >= 0.3 is 11.9 Å². The van der Waals surface area contributed by atoms with Crippen LogP contribution in [0.15, 0.2) is 48.5 Å². The predicted molar refractivity (Wildman–Crippen MR) is 132 cm³/mol. The summed E-state index contributed by atoms with van der Waals surface area (Å²) in [7, 11) is 0. The minimum Gasteiger partial charge on any atom is -0.462 e. The second-order valence-electron chi connectivity index (χ2n) is 8.85. The van der Waals surface area contributed by atoms with Gasteiger partial charge in [0.15, 0.2) is 6.61 Å². The van der Waals surface area contributed by atoms with Gasteiger partial charge in [-0.1, -0.05) is 26.0 Å². The topological polar surface area (TPSA) is 174 Å². The number of hydrogen-bond acceptors (Lipinski definition) is 9. The van der Waals surface area contributed by atoms with E-state index >= 15 is 0 Å². The lowest BCUT2D eigenvalue weighted by molar-refractivity contribution is -0.385. The van der Waals surface area contributed by atoms with Gasteiger partial charge in [0.2, 0.25) is 5.91 Å². The number of nitrogens with zero attached hydrogens (tertiary/aromatic N) is 2. The maximum Gasteiger partial charge on any atom is 0.338 e. The summed E-state index contributed by atoms with van der Waals surface area (Å²) in [5, 5.41) is 14.5. The first-order chi connectivity index (χ1) is 18.0. The van der Waals surface area contributed by atoms with Gasteiger partial charge in [-0.15, -0.1) is 0 Å². The highest BCUT2D eigenvalue weighted by molar-refractivity contribution is 6.00. The molecule has 2 N–H and O–H groups in total. The second-order valence-corrected chi connectivity index (χ2v) is 8.85. The van der Waals surface area contributed by atoms with E-state index in [0.29, 0.717) is 11.3 Å². The van der Waals surface area contributed by atoms with Crippen molar-refractivity contribution < 1.29 is 38.4 Å². The Morgan fingerprint density at radius 2 is 1.76 bits per heavy atom. The van der Waals surface area contributed by atoms with E-state index in [4.69, 9.17) is 9.47 Å². The third-order valence-electron chi connectivity index (χ3n) is 5.34. The van der Waals surface area contributed by atoms with Crippen LogP contribution in [-0.2, 0) is 23.9 Å². The second kappa shape index (κ2) is 12.4. The summed E-state index contributed by atoms with van der Waals surface area (Å²) in [6, 6.07) is 11.2. The molecule has 0 saturated carbocycles. The van der Waals surface area contributed by atoms with Crippen LogP contribution in [0.25, 0.3) is 0 Å². The minimum absolute atomic E-state index is 0.197. The number of ether oxygens (including phenoxy) is 2. The molecule has 0 radical (unpaired) electrons. The number of amides is 3. The van der Waals surface area contributed by atoms with E-state index in [1.807, 2.05) is 13.8 Å². The Morgan fingerprint density at radius 1 is 1.08 bits per heavy atom. The maximum atomic E-state index is 12.5. The van der Waals surface area contributed by atoms with Crippen LogP contribution in [0.2, 0.25) is 0 Å². The first-order valence-corrected chi connectivity index (χ1v) is 11.6. The van der Waals surface area contributed by atoms with Crippen molar-refractivity contribution in [3.05, 3.63) is 69.8 Å². The summed E-state index contributed by atoms with van der Waals surface area (Å²) < 4.78 is 10.1. The zero-order chi connectivity index (χ0) is 27.8. The van der Waals surface area contributed by atoms with E-state index in [9.17, 15) is 34.1 Å². The van der Waals surface area contributed by atoms with E-state index in [-0.39, 0.29) is 31.1 Å². The van der Waals surface area contributed by atoms with Crippen LogP contribution in [0.4, 0.5) is 11.4 Å². The fourth-order valence-corrected chi connectivity index (χ4v) is 3.45. The molecule has 1 saturated heterocycles. The summed E-state index contributed by atoms with van der Waals surface area (Å²) >= 11 is 0. The summed E-state index contributed by atoms with van der Waals surface area (Å²) in [5.41, 5.74) is 2.28. The SMILES string of the molecule is CC(C)COC(=O)c1ccc(NC(=O)COC(=O)[C@@H]2CC(=O)N(NC(=O)c3ccccc3[N+](=O)[O-])C2)cc1.